The second-order valence-electron chi connectivity index (χ2n) is 4.08. The van der Waals surface area contributed by atoms with Crippen molar-refractivity contribution in [1.82, 2.24) is 9.55 Å². The van der Waals surface area contributed by atoms with Crippen LogP contribution in [0.1, 0.15) is 24.7 Å². The molecule has 0 spiro atoms. The molecule has 0 aliphatic rings. The number of hydrogen-bond donors (Lipinski definition) is 2. The first kappa shape index (κ1) is 13.4. The Morgan fingerprint density at radius 1 is 1.53 bits per heavy atom. The SMILES string of the molecule is CCCc1nccn1-c1cccc(Cl)c1C(N)=NO. The third-order valence-electron chi connectivity index (χ3n) is 2.81. The van der Waals surface area contributed by atoms with Crippen LogP contribution in [-0.4, -0.2) is 20.6 Å². The van der Waals surface area contributed by atoms with Crippen LogP contribution in [0.2, 0.25) is 5.02 Å². The highest BCUT2D eigenvalue weighted by atomic mass is 35.5. The Morgan fingerprint density at radius 2 is 2.32 bits per heavy atom. The minimum atomic E-state index is -0.0169. The van der Waals surface area contributed by atoms with E-state index in [9.17, 15) is 0 Å². The summed E-state index contributed by atoms with van der Waals surface area (Å²) in [7, 11) is 0. The van der Waals surface area contributed by atoms with Crippen LogP contribution in [0.4, 0.5) is 0 Å². The minimum Gasteiger partial charge on any atom is -0.409 e. The maximum atomic E-state index is 8.89. The highest BCUT2D eigenvalue weighted by Gasteiger charge is 2.15. The van der Waals surface area contributed by atoms with Crippen LogP contribution in [0.5, 0.6) is 0 Å². The molecule has 19 heavy (non-hydrogen) atoms. The number of nitrogens with zero attached hydrogens (tertiary/aromatic N) is 3. The lowest BCUT2D eigenvalue weighted by molar-refractivity contribution is 0.318. The Morgan fingerprint density at radius 3 is 3.00 bits per heavy atom. The van der Waals surface area contributed by atoms with E-state index in [1.165, 1.54) is 0 Å². The maximum absolute atomic E-state index is 8.89. The van der Waals surface area contributed by atoms with Crippen LogP contribution in [-0.2, 0) is 6.42 Å². The van der Waals surface area contributed by atoms with E-state index in [0.717, 1.165) is 24.4 Å². The van der Waals surface area contributed by atoms with Crippen LogP contribution in [0.3, 0.4) is 0 Å². The number of aryl methyl sites for hydroxylation is 1. The summed E-state index contributed by atoms with van der Waals surface area (Å²) in [5.41, 5.74) is 6.96. The molecule has 100 valence electrons. The van der Waals surface area contributed by atoms with Gasteiger partial charge in [0.1, 0.15) is 5.82 Å². The van der Waals surface area contributed by atoms with E-state index >= 15 is 0 Å². The summed E-state index contributed by atoms with van der Waals surface area (Å²) in [6.45, 7) is 2.08. The molecule has 0 radical (unpaired) electrons. The van der Waals surface area contributed by atoms with E-state index in [0.29, 0.717) is 10.6 Å². The lowest BCUT2D eigenvalue weighted by atomic mass is 10.1. The van der Waals surface area contributed by atoms with Crippen LogP contribution in [0, 0.1) is 0 Å². The van der Waals surface area contributed by atoms with E-state index in [1.807, 2.05) is 22.9 Å². The van der Waals surface area contributed by atoms with Crippen molar-refractivity contribution in [1.29, 1.82) is 0 Å². The molecule has 1 aromatic carbocycles. The zero-order valence-corrected chi connectivity index (χ0v) is 11.3. The van der Waals surface area contributed by atoms with E-state index in [2.05, 4.69) is 17.1 Å². The van der Waals surface area contributed by atoms with Gasteiger partial charge in [-0.2, -0.15) is 0 Å². The Hall–Kier alpha value is -2.01. The topological polar surface area (TPSA) is 76.4 Å². The van der Waals surface area contributed by atoms with Gasteiger partial charge in [-0.3, -0.25) is 0 Å². The minimum absolute atomic E-state index is 0.0169. The second-order valence-corrected chi connectivity index (χ2v) is 4.49. The molecule has 0 fully saturated rings. The highest BCUT2D eigenvalue weighted by Crippen LogP contribution is 2.24. The summed E-state index contributed by atoms with van der Waals surface area (Å²) < 4.78 is 1.91. The molecular formula is C13H15ClN4O. The summed E-state index contributed by atoms with van der Waals surface area (Å²) in [6.07, 6.45) is 5.39. The molecular weight excluding hydrogens is 264 g/mol. The highest BCUT2D eigenvalue weighted by molar-refractivity contribution is 6.34. The lowest BCUT2D eigenvalue weighted by Gasteiger charge is -2.13. The van der Waals surface area contributed by atoms with Crippen molar-refractivity contribution in [2.24, 2.45) is 10.9 Å². The number of halogens is 1. The van der Waals surface area contributed by atoms with Gasteiger partial charge in [0.25, 0.3) is 0 Å². The van der Waals surface area contributed by atoms with E-state index < -0.39 is 0 Å². The molecule has 5 nitrogen and oxygen atoms in total. The molecule has 0 saturated carbocycles. The summed E-state index contributed by atoms with van der Waals surface area (Å²) in [5.74, 6) is 0.897. The van der Waals surface area contributed by atoms with Crippen LogP contribution in [0.25, 0.3) is 5.69 Å². The predicted molar refractivity (Wildman–Crippen MR) is 75.1 cm³/mol. The molecule has 1 heterocycles. The molecule has 6 heteroatoms. The van der Waals surface area contributed by atoms with Crippen molar-refractivity contribution in [3.8, 4) is 5.69 Å². The fourth-order valence-electron chi connectivity index (χ4n) is 1.98. The van der Waals surface area contributed by atoms with E-state index in [4.69, 9.17) is 22.5 Å². The molecule has 0 unspecified atom stereocenters. The summed E-state index contributed by atoms with van der Waals surface area (Å²) in [6, 6.07) is 5.39. The normalized spacial score (nSPS) is 11.8. The molecule has 0 atom stereocenters. The molecule has 0 saturated heterocycles. The summed E-state index contributed by atoms with van der Waals surface area (Å²) in [5, 5.41) is 12.4. The number of hydrogen-bond acceptors (Lipinski definition) is 3. The average Bonchev–Trinajstić information content (AvgIpc) is 2.86. The Bertz CT molecular complexity index is 606. The molecule has 1 aromatic heterocycles. The first-order valence-corrected chi connectivity index (χ1v) is 6.35. The van der Waals surface area contributed by atoms with E-state index in [-0.39, 0.29) is 5.84 Å². The van der Waals surface area contributed by atoms with Crippen molar-refractivity contribution >= 4 is 17.4 Å². The van der Waals surface area contributed by atoms with Gasteiger partial charge in [-0.15, -0.1) is 0 Å². The Balaban J connectivity index is 2.62. The third kappa shape index (κ3) is 2.56. The van der Waals surface area contributed by atoms with Crippen molar-refractivity contribution in [2.75, 3.05) is 0 Å². The summed E-state index contributed by atoms with van der Waals surface area (Å²) in [4.78, 5) is 4.31. The van der Waals surface area contributed by atoms with E-state index in [1.54, 1.807) is 12.3 Å². The molecule has 0 bridgehead atoms. The molecule has 0 aliphatic carbocycles. The zero-order valence-electron chi connectivity index (χ0n) is 10.5. The molecule has 0 aliphatic heterocycles. The summed E-state index contributed by atoms with van der Waals surface area (Å²) >= 11 is 6.14. The van der Waals surface area contributed by atoms with Gasteiger partial charge < -0.3 is 15.5 Å². The predicted octanol–water partition coefficient (Wildman–Crippen LogP) is 2.57. The number of rotatable bonds is 4. The van der Waals surface area contributed by atoms with Gasteiger partial charge in [0.15, 0.2) is 5.84 Å². The second kappa shape index (κ2) is 5.75. The Kier molecular flexibility index (Phi) is 4.06. The van der Waals surface area contributed by atoms with Crippen molar-refractivity contribution in [3.63, 3.8) is 0 Å². The van der Waals surface area contributed by atoms with Gasteiger partial charge in [0.05, 0.1) is 16.3 Å². The zero-order chi connectivity index (χ0) is 13.8. The average molecular weight is 279 g/mol. The van der Waals surface area contributed by atoms with Crippen LogP contribution < -0.4 is 5.73 Å². The van der Waals surface area contributed by atoms with Gasteiger partial charge in [-0.25, -0.2) is 4.98 Å². The van der Waals surface area contributed by atoms with Crippen molar-refractivity contribution in [3.05, 3.63) is 47.0 Å². The van der Waals surface area contributed by atoms with Crippen molar-refractivity contribution < 1.29 is 5.21 Å². The van der Waals surface area contributed by atoms with Gasteiger partial charge in [-0.05, 0) is 18.6 Å². The fraction of sp³-hybridized carbons (Fsp3) is 0.231. The first-order valence-electron chi connectivity index (χ1n) is 5.98. The van der Waals surface area contributed by atoms with Crippen LogP contribution in [0.15, 0.2) is 35.7 Å². The van der Waals surface area contributed by atoms with Gasteiger partial charge in [0.2, 0.25) is 0 Å². The first-order chi connectivity index (χ1) is 9.19. The quantitative estimate of drug-likeness (QED) is 0.391. The number of benzene rings is 1. The number of oxime groups is 1. The Labute approximate surface area is 116 Å². The van der Waals surface area contributed by atoms with Crippen molar-refractivity contribution in [2.45, 2.75) is 19.8 Å². The van der Waals surface area contributed by atoms with Gasteiger partial charge in [-0.1, -0.05) is 29.7 Å². The maximum Gasteiger partial charge on any atom is 0.173 e. The number of amidine groups is 1. The number of aromatic nitrogens is 2. The number of nitrogens with two attached hydrogens (primary N) is 1. The lowest BCUT2D eigenvalue weighted by Crippen LogP contribution is -2.17. The largest absolute Gasteiger partial charge is 0.409 e. The molecule has 3 N–H and O–H groups in total. The molecule has 2 rings (SSSR count). The smallest absolute Gasteiger partial charge is 0.173 e. The molecule has 2 aromatic rings. The van der Waals surface area contributed by atoms with Gasteiger partial charge in [0, 0.05) is 18.8 Å². The standard InChI is InChI=1S/C13H15ClN4O/c1-2-4-11-16-7-8-18(11)10-6-3-5-9(14)12(10)13(15)17-19/h3,5-8,19H,2,4H2,1H3,(H2,15,17). The third-order valence-corrected chi connectivity index (χ3v) is 3.12. The monoisotopic (exact) mass is 278 g/mol. The fourth-order valence-corrected chi connectivity index (χ4v) is 2.25. The van der Waals surface area contributed by atoms with Crippen LogP contribution >= 0.6 is 11.6 Å². The molecule has 0 amide bonds. The van der Waals surface area contributed by atoms with Gasteiger partial charge >= 0.3 is 0 Å². The number of imidazole rings is 1.